The lowest BCUT2D eigenvalue weighted by atomic mass is 10.2. The molecule has 0 saturated carbocycles. The summed E-state index contributed by atoms with van der Waals surface area (Å²) in [7, 11) is 0. The zero-order valence-electron chi connectivity index (χ0n) is 6.75. The van der Waals surface area contributed by atoms with Crippen LogP contribution in [-0.4, -0.2) is 36.1 Å². The second kappa shape index (κ2) is 2.21. The van der Waals surface area contributed by atoms with Crippen LogP contribution in [0.15, 0.2) is 0 Å². The zero-order valence-corrected chi connectivity index (χ0v) is 6.75. The summed E-state index contributed by atoms with van der Waals surface area (Å²) < 4.78 is 0. The van der Waals surface area contributed by atoms with E-state index < -0.39 is 0 Å². The average Bonchev–Trinajstić information content (AvgIpc) is 2.44. The highest BCUT2D eigenvalue weighted by atomic mass is 15.3. The zero-order chi connectivity index (χ0) is 7.14. The summed E-state index contributed by atoms with van der Waals surface area (Å²) in [5.41, 5.74) is 0. The van der Waals surface area contributed by atoms with Crippen molar-refractivity contribution in [3.05, 3.63) is 0 Å². The number of hydrogen-bond acceptors (Lipinski definition) is 1. The third-order valence-corrected chi connectivity index (χ3v) is 2.67. The van der Waals surface area contributed by atoms with Gasteiger partial charge in [-0.05, 0) is 20.3 Å². The molecule has 2 aliphatic heterocycles. The van der Waals surface area contributed by atoms with Crippen LogP contribution < -0.4 is 5.32 Å². The first-order chi connectivity index (χ1) is 4.77. The number of nitrogens with zero attached hydrogens (tertiary/aromatic N) is 2. The third-order valence-electron chi connectivity index (χ3n) is 2.67. The molecule has 0 spiro atoms. The lowest BCUT2D eigenvalue weighted by Crippen LogP contribution is -2.44. The lowest BCUT2D eigenvalue weighted by molar-refractivity contribution is 0.179. The number of rotatable bonds is 1. The number of hydrogen-bond donors (Lipinski definition) is 0. The fraction of sp³-hybridized carbons (Fsp3) is 1.00. The summed E-state index contributed by atoms with van der Waals surface area (Å²) >= 11 is 0. The van der Waals surface area contributed by atoms with E-state index in [-0.39, 0.29) is 0 Å². The third kappa shape index (κ3) is 0.867. The molecule has 2 nitrogen and oxygen atoms in total. The first kappa shape index (κ1) is 6.62. The van der Waals surface area contributed by atoms with Crippen molar-refractivity contribution in [2.45, 2.75) is 38.4 Å². The van der Waals surface area contributed by atoms with Gasteiger partial charge in [0, 0.05) is 31.2 Å². The van der Waals surface area contributed by atoms with E-state index in [1.165, 1.54) is 13.0 Å². The van der Waals surface area contributed by atoms with Crippen molar-refractivity contribution in [2.75, 3.05) is 13.1 Å². The Kier molecular flexibility index (Phi) is 1.46. The summed E-state index contributed by atoms with van der Waals surface area (Å²) in [5.74, 6) is 0. The van der Waals surface area contributed by atoms with E-state index in [2.05, 4.69) is 24.1 Å². The molecule has 2 heterocycles. The molecule has 2 rings (SSSR count). The van der Waals surface area contributed by atoms with Crippen molar-refractivity contribution < 1.29 is 0 Å². The molecule has 57 valence electrons. The topological polar surface area (TPSA) is 17.3 Å². The maximum Gasteiger partial charge on any atom is 0.0389 e. The summed E-state index contributed by atoms with van der Waals surface area (Å²) in [4.78, 5) is 2.58. The van der Waals surface area contributed by atoms with Crippen molar-refractivity contribution >= 4 is 0 Å². The van der Waals surface area contributed by atoms with Gasteiger partial charge >= 0.3 is 0 Å². The van der Waals surface area contributed by atoms with E-state index in [1.807, 2.05) is 0 Å². The molecule has 0 aromatic carbocycles. The van der Waals surface area contributed by atoms with Gasteiger partial charge in [-0.3, -0.25) is 4.90 Å². The smallest absolute Gasteiger partial charge is 0.0389 e. The predicted octanol–water partition coefficient (Wildman–Crippen LogP) is 0.456. The fourth-order valence-electron chi connectivity index (χ4n) is 2.13. The minimum absolute atomic E-state index is 0.687. The van der Waals surface area contributed by atoms with Gasteiger partial charge in [-0.25, -0.2) is 5.32 Å². The fourth-order valence-corrected chi connectivity index (χ4v) is 2.13. The van der Waals surface area contributed by atoms with Crippen LogP contribution in [0.2, 0.25) is 0 Å². The van der Waals surface area contributed by atoms with Crippen LogP contribution in [0, 0.1) is 0 Å². The van der Waals surface area contributed by atoms with Gasteiger partial charge in [0.1, 0.15) is 0 Å². The summed E-state index contributed by atoms with van der Waals surface area (Å²) in [5, 5.41) is 4.49. The van der Waals surface area contributed by atoms with Crippen molar-refractivity contribution in [1.29, 1.82) is 0 Å². The van der Waals surface area contributed by atoms with Crippen molar-refractivity contribution in [1.82, 2.24) is 10.2 Å². The molecule has 0 aliphatic carbocycles. The molecular weight excluding hydrogens is 124 g/mol. The lowest BCUT2D eigenvalue weighted by Gasteiger charge is -2.29. The number of likely N-dealkylation sites (tertiary alicyclic amines) is 1. The van der Waals surface area contributed by atoms with E-state index in [0.717, 1.165) is 18.6 Å². The minimum atomic E-state index is 0.687. The Labute approximate surface area is 62.6 Å². The van der Waals surface area contributed by atoms with E-state index in [1.54, 1.807) is 0 Å². The summed E-state index contributed by atoms with van der Waals surface area (Å²) in [6.07, 6.45) is 1.33. The highest BCUT2D eigenvalue weighted by Crippen LogP contribution is 2.25. The molecule has 0 unspecified atom stereocenters. The van der Waals surface area contributed by atoms with E-state index >= 15 is 0 Å². The van der Waals surface area contributed by atoms with Gasteiger partial charge < -0.3 is 0 Å². The molecule has 2 bridgehead atoms. The predicted molar refractivity (Wildman–Crippen MR) is 41.0 cm³/mol. The quantitative estimate of drug-likeness (QED) is 0.516. The van der Waals surface area contributed by atoms with Gasteiger partial charge in [0.15, 0.2) is 0 Å². The molecule has 0 amide bonds. The minimum Gasteiger partial charge on any atom is -0.295 e. The Hall–Kier alpha value is -0.0800. The first-order valence-electron chi connectivity index (χ1n) is 4.19. The Morgan fingerprint density at radius 2 is 2.30 bits per heavy atom. The Bertz CT molecular complexity index is 133. The summed E-state index contributed by atoms with van der Waals surface area (Å²) in [6, 6.07) is 2.21. The molecule has 2 fully saturated rings. The second-order valence-corrected chi connectivity index (χ2v) is 3.70. The van der Waals surface area contributed by atoms with Crippen LogP contribution in [0.5, 0.6) is 0 Å². The van der Waals surface area contributed by atoms with Crippen LogP contribution in [0.3, 0.4) is 0 Å². The molecule has 2 heteroatoms. The molecule has 2 saturated heterocycles. The van der Waals surface area contributed by atoms with Gasteiger partial charge in [0.05, 0.1) is 0 Å². The van der Waals surface area contributed by atoms with Gasteiger partial charge in [-0.15, -0.1) is 0 Å². The highest BCUT2D eigenvalue weighted by Gasteiger charge is 2.39. The van der Waals surface area contributed by atoms with Crippen LogP contribution >= 0.6 is 0 Å². The first-order valence-corrected chi connectivity index (χ1v) is 4.19. The van der Waals surface area contributed by atoms with Gasteiger partial charge in [0.2, 0.25) is 0 Å². The molecule has 1 radical (unpaired) electrons. The Morgan fingerprint density at radius 3 is 2.60 bits per heavy atom. The van der Waals surface area contributed by atoms with Crippen molar-refractivity contribution in [2.24, 2.45) is 0 Å². The standard InChI is InChI=1S/C8H15N2/c1-6(2)10-5-7-3-8(10)4-9-7/h6-8H,3-5H2,1-2H3/t7-,8-/m0/s1. The SMILES string of the molecule is CC(C)N1C[C@@H]2C[C@H]1C[N]2. The molecule has 0 N–H and O–H groups in total. The molecule has 10 heavy (non-hydrogen) atoms. The van der Waals surface area contributed by atoms with Gasteiger partial charge in [-0.1, -0.05) is 0 Å². The molecule has 0 aromatic rings. The van der Waals surface area contributed by atoms with Crippen LogP contribution in [0.4, 0.5) is 0 Å². The van der Waals surface area contributed by atoms with Crippen LogP contribution in [-0.2, 0) is 0 Å². The molecule has 2 aliphatic rings. The summed E-state index contributed by atoms with van der Waals surface area (Å²) in [6.45, 7) is 6.88. The van der Waals surface area contributed by atoms with Crippen molar-refractivity contribution in [3.63, 3.8) is 0 Å². The Morgan fingerprint density at radius 1 is 1.50 bits per heavy atom. The largest absolute Gasteiger partial charge is 0.295 e. The average molecular weight is 139 g/mol. The Balaban J connectivity index is 2.02. The molecular formula is C8H15N2. The van der Waals surface area contributed by atoms with E-state index in [4.69, 9.17) is 0 Å². The normalized spacial score (nSPS) is 39.9. The number of piperazine rings is 1. The monoisotopic (exact) mass is 139 g/mol. The van der Waals surface area contributed by atoms with Gasteiger partial charge in [-0.2, -0.15) is 0 Å². The molecule has 2 atom stereocenters. The maximum atomic E-state index is 4.49. The van der Waals surface area contributed by atoms with Crippen molar-refractivity contribution in [3.8, 4) is 0 Å². The second-order valence-electron chi connectivity index (χ2n) is 3.70. The molecule has 0 aromatic heterocycles. The van der Waals surface area contributed by atoms with Crippen LogP contribution in [0.25, 0.3) is 0 Å². The number of fused-ring (bicyclic) bond motifs is 2. The maximum absolute atomic E-state index is 4.49. The van der Waals surface area contributed by atoms with E-state index in [0.29, 0.717) is 6.04 Å². The van der Waals surface area contributed by atoms with Gasteiger partial charge in [0.25, 0.3) is 0 Å². The highest BCUT2D eigenvalue weighted by molar-refractivity contribution is 4.97. The van der Waals surface area contributed by atoms with E-state index in [9.17, 15) is 0 Å². The van der Waals surface area contributed by atoms with Crippen LogP contribution in [0.1, 0.15) is 20.3 Å².